The van der Waals surface area contributed by atoms with Crippen molar-refractivity contribution in [2.24, 2.45) is 0 Å². The first kappa shape index (κ1) is 12.0. The van der Waals surface area contributed by atoms with Gasteiger partial charge in [-0.05, 0) is 6.92 Å². The third kappa shape index (κ3) is 3.23. The van der Waals surface area contributed by atoms with Crippen LogP contribution in [0.15, 0.2) is 17.8 Å². The molecule has 2 rings (SSSR count). The van der Waals surface area contributed by atoms with Gasteiger partial charge in [-0.1, -0.05) is 13.8 Å². The topological polar surface area (TPSA) is 50.7 Å². The highest BCUT2D eigenvalue weighted by molar-refractivity contribution is 7.09. The van der Waals surface area contributed by atoms with Crippen LogP contribution < -0.4 is 5.32 Å². The molecule has 0 radical (unpaired) electrons. The maximum atomic E-state index is 4.49. The van der Waals surface area contributed by atoms with Crippen LogP contribution in [0.25, 0.3) is 0 Å². The molecule has 90 valence electrons. The largest absolute Gasteiger partial charge is 0.365 e. The number of aryl methyl sites for hydroxylation is 1. The molecule has 0 aliphatic carbocycles. The van der Waals surface area contributed by atoms with Crippen LogP contribution in [-0.2, 0) is 6.54 Å². The third-order valence-corrected chi connectivity index (χ3v) is 3.09. The van der Waals surface area contributed by atoms with Gasteiger partial charge in [-0.3, -0.25) is 4.98 Å². The van der Waals surface area contributed by atoms with Crippen molar-refractivity contribution in [3.8, 4) is 0 Å². The third-order valence-electron chi connectivity index (χ3n) is 2.32. The van der Waals surface area contributed by atoms with E-state index in [1.165, 1.54) is 4.88 Å². The van der Waals surface area contributed by atoms with Crippen molar-refractivity contribution in [1.82, 2.24) is 15.0 Å². The summed E-state index contributed by atoms with van der Waals surface area (Å²) in [4.78, 5) is 14.2. The number of nitrogens with one attached hydrogen (secondary N) is 1. The molecular formula is C12H16N4S. The number of hydrogen-bond acceptors (Lipinski definition) is 5. The molecule has 1 N–H and O–H groups in total. The molecule has 0 spiro atoms. The van der Waals surface area contributed by atoms with E-state index >= 15 is 0 Å². The van der Waals surface area contributed by atoms with Gasteiger partial charge in [-0.25, -0.2) is 9.97 Å². The van der Waals surface area contributed by atoms with Crippen LogP contribution in [0.4, 0.5) is 5.82 Å². The van der Waals surface area contributed by atoms with Crippen molar-refractivity contribution in [2.45, 2.75) is 33.2 Å². The highest BCUT2D eigenvalue weighted by Crippen LogP contribution is 2.15. The molecule has 0 unspecified atom stereocenters. The summed E-state index contributed by atoms with van der Waals surface area (Å²) in [6.07, 6.45) is 1.87. The lowest BCUT2D eigenvalue weighted by Crippen LogP contribution is -2.05. The Kier molecular flexibility index (Phi) is 3.68. The Hall–Kier alpha value is -1.49. The lowest BCUT2D eigenvalue weighted by molar-refractivity contribution is 0.767. The number of thiazole rings is 1. The molecule has 0 fully saturated rings. The Labute approximate surface area is 105 Å². The van der Waals surface area contributed by atoms with Crippen molar-refractivity contribution >= 4 is 17.2 Å². The summed E-state index contributed by atoms with van der Waals surface area (Å²) in [5, 5.41) is 3.30. The van der Waals surface area contributed by atoms with E-state index in [9.17, 15) is 0 Å². The minimum absolute atomic E-state index is 0.346. The van der Waals surface area contributed by atoms with Crippen molar-refractivity contribution in [2.75, 3.05) is 5.32 Å². The molecule has 0 aliphatic heterocycles. The first-order chi connectivity index (χ1) is 8.15. The van der Waals surface area contributed by atoms with E-state index in [1.807, 2.05) is 24.7 Å². The maximum absolute atomic E-state index is 4.49. The molecule has 0 bridgehead atoms. The molecule has 0 saturated carbocycles. The van der Waals surface area contributed by atoms with Gasteiger partial charge >= 0.3 is 0 Å². The highest BCUT2D eigenvalue weighted by Gasteiger charge is 2.06. The van der Waals surface area contributed by atoms with E-state index in [2.05, 4.69) is 34.1 Å². The van der Waals surface area contributed by atoms with E-state index in [1.54, 1.807) is 11.3 Å². The fraction of sp³-hybridized carbons (Fsp3) is 0.417. The summed E-state index contributed by atoms with van der Waals surface area (Å²) in [5.74, 6) is 2.12. The van der Waals surface area contributed by atoms with Gasteiger partial charge in [0.05, 0.1) is 12.1 Å². The van der Waals surface area contributed by atoms with Gasteiger partial charge in [0.25, 0.3) is 0 Å². The monoisotopic (exact) mass is 248 g/mol. The van der Waals surface area contributed by atoms with Crippen LogP contribution in [0.5, 0.6) is 0 Å². The number of nitrogens with zero attached hydrogens (tertiary/aromatic N) is 3. The standard InChI is InChI=1S/C12H16N4S/c1-8(2)12-15-9(3)4-11(16-12)14-6-10-5-13-7-17-10/h4-5,7-8H,6H2,1-3H3,(H,14,15,16). The first-order valence-electron chi connectivity index (χ1n) is 5.62. The molecule has 17 heavy (non-hydrogen) atoms. The second kappa shape index (κ2) is 5.23. The van der Waals surface area contributed by atoms with Gasteiger partial charge in [-0.2, -0.15) is 0 Å². The second-order valence-electron chi connectivity index (χ2n) is 4.23. The van der Waals surface area contributed by atoms with Crippen LogP contribution in [-0.4, -0.2) is 15.0 Å². The molecule has 0 saturated heterocycles. The minimum atomic E-state index is 0.346. The summed E-state index contributed by atoms with van der Waals surface area (Å²) in [5.41, 5.74) is 2.83. The number of rotatable bonds is 4. The minimum Gasteiger partial charge on any atom is -0.365 e. The predicted octanol–water partition coefficient (Wildman–Crippen LogP) is 2.98. The Morgan fingerprint density at radius 3 is 2.82 bits per heavy atom. The Balaban J connectivity index is 2.10. The molecule has 0 atom stereocenters. The fourth-order valence-electron chi connectivity index (χ4n) is 1.45. The van der Waals surface area contributed by atoms with Crippen LogP contribution in [0.3, 0.4) is 0 Å². The highest BCUT2D eigenvalue weighted by atomic mass is 32.1. The molecule has 2 aromatic rings. The van der Waals surface area contributed by atoms with Crippen molar-refractivity contribution in [1.29, 1.82) is 0 Å². The lowest BCUT2D eigenvalue weighted by Gasteiger charge is -2.09. The summed E-state index contributed by atoms with van der Waals surface area (Å²) in [7, 11) is 0. The normalized spacial score (nSPS) is 10.8. The zero-order chi connectivity index (χ0) is 12.3. The van der Waals surface area contributed by atoms with E-state index in [-0.39, 0.29) is 0 Å². The summed E-state index contributed by atoms with van der Waals surface area (Å²) in [6.45, 7) is 6.95. The van der Waals surface area contributed by atoms with E-state index in [4.69, 9.17) is 0 Å². The summed E-state index contributed by atoms with van der Waals surface area (Å²) in [6, 6.07) is 1.97. The molecule has 0 amide bonds. The van der Waals surface area contributed by atoms with Crippen LogP contribution >= 0.6 is 11.3 Å². The SMILES string of the molecule is Cc1cc(NCc2cncs2)nc(C(C)C)n1. The van der Waals surface area contributed by atoms with Gasteiger partial charge in [-0.15, -0.1) is 11.3 Å². The first-order valence-corrected chi connectivity index (χ1v) is 6.50. The lowest BCUT2D eigenvalue weighted by atomic mass is 10.2. The van der Waals surface area contributed by atoms with Crippen LogP contribution in [0.1, 0.15) is 36.2 Å². The Bertz CT molecular complexity index is 479. The van der Waals surface area contributed by atoms with E-state index in [0.29, 0.717) is 5.92 Å². The molecule has 5 heteroatoms. The number of aromatic nitrogens is 3. The van der Waals surface area contributed by atoms with E-state index in [0.717, 1.165) is 23.9 Å². The van der Waals surface area contributed by atoms with Gasteiger partial charge in [0.15, 0.2) is 0 Å². The number of hydrogen-bond donors (Lipinski definition) is 1. The quantitative estimate of drug-likeness (QED) is 0.903. The summed E-state index contributed by atoms with van der Waals surface area (Å²) < 4.78 is 0. The molecule has 0 aromatic carbocycles. The van der Waals surface area contributed by atoms with Crippen molar-refractivity contribution in [3.05, 3.63) is 34.2 Å². The average Bonchev–Trinajstić information content (AvgIpc) is 2.78. The second-order valence-corrected chi connectivity index (χ2v) is 5.20. The smallest absolute Gasteiger partial charge is 0.133 e. The Morgan fingerprint density at radius 2 is 2.18 bits per heavy atom. The molecule has 2 aromatic heterocycles. The zero-order valence-corrected chi connectivity index (χ0v) is 11.1. The maximum Gasteiger partial charge on any atom is 0.133 e. The van der Waals surface area contributed by atoms with Crippen molar-refractivity contribution in [3.63, 3.8) is 0 Å². The average molecular weight is 248 g/mol. The summed E-state index contributed by atoms with van der Waals surface area (Å²) >= 11 is 1.64. The zero-order valence-electron chi connectivity index (χ0n) is 10.3. The van der Waals surface area contributed by atoms with Gasteiger partial charge in [0.2, 0.25) is 0 Å². The molecule has 0 aliphatic rings. The predicted molar refractivity (Wildman–Crippen MR) is 70.3 cm³/mol. The van der Waals surface area contributed by atoms with Crippen molar-refractivity contribution < 1.29 is 0 Å². The van der Waals surface area contributed by atoms with Gasteiger partial charge in [0.1, 0.15) is 11.6 Å². The molecular weight excluding hydrogens is 232 g/mol. The van der Waals surface area contributed by atoms with Crippen LogP contribution in [0, 0.1) is 6.92 Å². The Morgan fingerprint density at radius 1 is 1.35 bits per heavy atom. The number of anilines is 1. The molecule has 4 nitrogen and oxygen atoms in total. The van der Waals surface area contributed by atoms with Gasteiger partial charge in [0, 0.05) is 28.8 Å². The fourth-order valence-corrected chi connectivity index (χ4v) is 1.98. The van der Waals surface area contributed by atoms with E-state index < -0.39 is 0 Å². The van der Waals surface area contributed by atoms with Gasteiger partial charge < -0.3 is 5.32 Å². The van der Waals surface area contributed by atoms with Crippen LogP contribution in [0.2, 0.25) is 0 Å². The molecule has 2 heterocycles.